The molecule has 1 aliphatic rings. The van der Waals surface area contributed by atoms with Crippen LogP contribution in [0.15, 0.2) is 28.9 Å². The van der Waals surface area contributed by atoms with Gasteiger partial charge in [-0.15, -0.1) is 0 Å². The van der Waals surface area contributed by atoms with Crippen LogP contribution in [0.2, 0.25) is 0 Å². The van der Waals surface area contributed by atoms with E-state index in [2.05, 4.69) is 37.9 Å². The van der Waals surface area contributed by atoms with Crippen LogP contribution in [0.4, 0.5) is 5.69 Å². The normalized spacial score (nSPS) is 14.8. The van der Waals surface area contributed by atoms with E-state index < -0.39 is 0 Å². The highest BCUT2D eigenvalue weighted by molar-refractivity contribution is 9.10. The van der Waals surface area contributed by atoms with Crippen molar-refractivity contribution in [2.45, 2.75) is 12.8 Å². The Morgan fingerprint density at radius 1 is 1.35 bits per heavy atom. The molecule has 20 heavy (non-hydrogen) atoms. The van der Waals surface area contributed by atoms with Crippen molar-refractivity contribution in [3.8, 4) is 0 Å². The van der Waals surface area contributed by atoms with Gasteiger partial charge in [-0.3, -0.25) is 4.98 Å². The molecule has 2 aromatic rings. The van der Waals surface area contributed by atoms with Crippen LogP contribution in [0.3, 0.4) is 0 Å². The molecule has 5 heteroatoms. The Bertz CT molecular complexity index is 666. The monoisotopic (exact) mass is 334 g/mol. The number of ether oxygens (including phenoxy) is 1. The van der Waals surface area contributed by atoms with Gasteiger partial charge in [0.1, 0.15) is 0 Å². The van der Waals surface area contributed by atoms with Crippen molar-refractivity contribution in [2.24, 2.45) is 0 Å². The minimum absolute atomic E-state index is 0.377. The number of carbonyl (C=O) groups excluding carboxylic acids is 1. The lowest BCUT2D eigenvalue weighted by Gasteiger charge is -2.18. The second-order valence-electron chi connectivity index (χ2n) is 4.87. The fourth-order valence-corrected chi connectivity index (χ4v) is 3.15. The molecule has 4 nitrogen and oxygen atoms in total. The number of methoxy groups -OCH3 is 1. The maximum Gasteiger partial charge on any atom is 0.340 e. The van der Waals surface area contributed by atoms with E-state index in [0.717, 1.165) is 28.5 Å². The number of pyridine rings is 1. The summed E-state index contributed by atoms with van der Waals surface area (Å²) >= 11 is 3.51. The summed E-state index contributed by atoms with van der Waals surface area (Å²) in [5.74, 6) is -0.377. The van der Waals surface area contributed by atoms with Crippen LogP contribution in [0.1, 0.15) is 23.2 Å². The third-order valence-electron chi connectivity index (χ3n) is 3.66. The standard InChI is InChI=1S/C15H15BrN2O2/c1-20-15(19)12-9-17-13-5-4-10(8-11(13)14(12)16)18-6-2-3-7-18/h4-5,8-9H,2-3,6-7H2,1H3. The number of benzene rings is 1. The zero-order valence-corrected chi connectivity index (χ0v) is 12.8. The van der Waals surface area contributed by atoms with Gasteiger partial charge in [0.05, 0.1) is 18.2 Å². The first-order valence-corrected chi connectivity index (χ1v) is 7.41. The van der Waals surface area contributed by atoms with E-state index in [9.17, 15) is 4.79 Å². The van der Waals surface area contributed by atoms with E-state index in [1.54, 1.807) is 6.20 Å². The van der Waals surface area contributed by atoms with Gasteiger partial charge >= 0.3 is 5.97 Å². The predicted molar refractivity (Wildman–Crippen MR) is 82.2 cm³/mol. The number of esters is 1. The zero-order valence-electron chi connectivity index (χ0n) is 11.2. The lowest BCUT2D eigenvalue weighted by Crippen LogP contribution is -2.17. The van der Waals surface area contributed by atoms with Crippen molar-refractivity contribution in [1.82, 2.24) is 4.98 Å². The summed E-state index contributed by atoms with van der Waals surface area (Å²) in [5.41, 5.74) is 2.51. The summed E-state index contributed by atoms with van der Waals surface area (Å²) in [5, 5.41) is 0.942. The van der Waals surface area contributed by atoms with Gasteiger partial charge in [0.15, 0.2) is 0 Å². The molecule has 0 N–H and O–H groups in total. The van der Waals surface area contributed by atoms with E-state index in [1.807, 2.05) is 6.07 Å². The summed E-state index contributed by atoms with van der Waals surface area (Å²) in [4.78, 5) is 18.4. The number of hydrogen-bond acceptors (Lipinski definition) is 4. The Kier molecular flexibility index (Phi) is 3.61. The molecule has 1 aromatic heterocycles. The first-order chi connectivity index (χ1) is 9.70. The molecule has 1 saturated heterocycles. The Labute approximate surface area is 125 Å². The highest BCUT2D eigenvalue weighted by atomic mass is 79.9. The number of fused-ring (bicyclic) bond motifs is 1. The molecule has 104 valence electrons. The number of anilines is 1. The molecule has 0 spiro atoms. The number of hydrogen-bond donors (Lipinski definition) is 0. The van der Waals surface area contributed by atoms with Gasteiger partial charge in [-0.25, -0.2) is 4.79 Å². The van der Waals surface area contributed by atoms with Crippen molar-refractivity contribution < 1.29 is 9.53 Å². The third kappa shape index (κ3) is 2.26. The molecule has 0 saturated carbocycles. The molecular weight excluding hydrogens is 320 g/mol. The van der Waals surface area contributed by atoms with Gasteiger partial charge < -0.3 is 9.64 Å². The average molecular weight is 335 g/mol. The van der Waals surface area contributed by atoms with Gasteiger partial charge in [-0.2, -0.15) is 0 Å². The second kappa shape index (κ2) is 5.40. The highest BCUT2D eigenvalue weighted by Gasteiger charge is 2.17. The molecule has 0 bridgehead atoms. The third-order valence-corrected chi connectivity index (χ3v) is 4.52. The topological polar surface area (TPSA) is 42.4 Å². The smallest absolute Gasteiger partial charge is 0.340 e. The molecule has 0 unspecified atom stereocenters. The number of rotatable bonds is 2. The zero-order chi connectivity index (χ0) is 14.1. The molecule has 3 rings (SSSR count). The fourth-order valence-electron chi connectivity index (χ4n) is 2.57. The van der Waals surface area contributed by atoms with Gasteiger partial charge in [0, 0.05) is 34.8 Å². The Morgan fingerprint density at radius 3 is 2.80 bits per heavy atom. The summed E-state index contributed by atoms with van der Waals surface area (Å²) in [6.45, 7) is 2.18. The van der Waals surface area contributed by atoms with Crippen LogP contribution >= 0.6 is 15.9 Å². The van der Waals surface area contributed by atoms with E-state index in [0.29, 0.717) is 5.56 Å². The number of nitrogens with zero attached hydrogens (tertiary/aromatic N) is 2. The largest absolute Gasteiger partial charge is 0.465 e. The maximum atomic E-state index is 11.7. The van der Waals surface area contributed by atoms with Crippen LogP contribution in [0, 0.1) is 0 Å². The fraction of sp³-hybridized carbons (Fsp3) is 0.333. The minimum atomic E-state index is -0.377. The van der Waals surface area contributed by atoms with Crippen molar-refractivity contribution in [1.29, 1.82) is 0 Å². The minimum Gasteiger partial charge on any atom is -0.465 e. The van der Waals surface area contributed by atoms with Crippen LogP contribution in [0.5, 0.6) is 0 Å². The van der Waals surface area contributed by atoms with Crippen molar-refractivity contribution in [3.63, 3.8) is 0 Å². The predicted octanol–water partition coefficient (Wildman–Crippen LogP) is 3.38. The van der Waals surface area contributed by atoms with Crippen LogP contribution in [0.25, 0.3) is 10.9 Å². The molecule has 2 heterocycles. The van der Waals surface area contributed by atoms with Crippen molar-refractivity contribution in [2.75, 3.05) is 25.1 Å². The molecule has 0 aliphatic carbocycles. The highest BCUT2D eigenvalue weighted by Crippen LogP contribution is 2.31. The molecule has 0 amide bonds. The van der Waals surface area contributed by atoms with Crippen LogP contribution in [-0.4, -0.2) is 31.2 Å². The average Bonchev–Trinajstić information content (AvgIpc) is 3.01. The van der Waals surface area contributed by atoms with E-state index in [1.165, 1.54) is 25.6 Å². The first-order valence-electron chi connectivity index (χ1n) is 6.62. The van der Waals surface area contributed by atoms with E-state index in [-0.39, 0.29) is 5.97 Å². The molecule has 1 aliphatic heterocycles. The van der Waals surface area contributed by atoms with E-state index in [4.69, 9.17) is 4.74 Å². The van der Waals surface area contributed by atoms with Gasteiger partial charge in [-0.1, -0.05) is 0 Å². The number of halogens is 1. The molecule has 1 aromatic carbocycles. The van der Waals surface area contributed by atoms with Crippen LogP contribution in [-0.2, 0) is 4.74 Å². The van der Waals surface area contributed by atoms with Gasteiger partial charge in [-0.05, 0) is 47.0 Å². The van der Waals surface area contributed by atoms with Crippen molar-refractivity contribution in [3.05, 3.63) is 34.4 Å². The Balaban J connectivity index is 2.11. The quantitative estimate of drug-likeness (QED) is 0.789. The number of carbonyl (C=O) groups is 1. The van der Waals surface area contributed by atoms with Gasteiger partial charge in [0.25, 0.3) is 0 Å². The summed E-state index contributed by atoms with van der Waals surface area (Å²) in [6, 6.07) is 6.17. The SMILES string of the molecule is COC(=O)c1cnc2ccc(N3CCCC3)cc2c1Br. The number of aromatic nitrogens is 1. The summed E-state index contributed by atoms with van der Waals surface area (Å²) in [7, 11) is 1.37. The molecule has 0 radical (unpaired) electrons. The Morgan fingerprint density at radius 2 is 2.10 bits per heavy atom. The summed E-state index contributed by atoms with van der Waals surface area (Å²) < 4.78 is 5.52. The first kappa shape index (κ1) is 13.4. The molecule has 1 fully saturated rings. The second-order valence-corrected chi connectivity index (χ2v) is 5.67. The molecular formula is C15H15BrN2O2. The Hall–Kier alpha value is -1.62. The lowest BCUT2D eigenvalue weighted by atomic mass is 10.1. The van der Waals surface area contributed by atoms with Crippen LogP contribution < -0.4 is 4.90 Å². The van der Waals surface area contributed by atoms with Gasteiger partial charge in [0.2, 0.25) is 0 Å². The summed E-state index contributed by atoms with van der Waals surface area (Å²) in [6.07, 6.45) is 4.02. The lowest BCUT2D eigenvalue weighted by molar-refractivity contribution is 0.0599. The van der Waals surface area contributed by atoms with Crippen molar-refractivity contribution >= 4 is 38.5 Å². The van der Waals surface area contributed by atoms with E-state index >= 15 is 0 Å². The maximum absolute atomic E-state index is 11.7. The molecule has 0 atom stereocenters.